The molecule has 1 unspecified atom stereocenters. The van der Waals surface area contributed by atoms with Crippen molar-refractivity contribution in [1.29, 1.82) is 0 Å². The first-order chi connectivity index (χ1) is 8.13. The average Bonchev–Trinajstić information content (AvgIpc) is 2.74. The quantitative estimate of drug-likeness (QED) is 0.708. The van der Waals surface area contributed by atoms with E-state index in [9.17, 15) is 9.18 Å². The average molecular weight is 245 g/mol. The SMILES string of the molecule is CO[C@H]1CCN(C(=O)C2CNCN2C)C[C@H]1F. The highest BCUT2D eigenvalue weighted by Crippen LogP contribution is 2.18. The second kappa shape index (κ2) is 5.29. The number of likely N-dealkylation sites (N-methyl/N-ethyl adjacent to an activating group) is 1. The third kappa shape index (κ3) is 2.59. The van der Waals surface area contributed by atoms with Crippen molar-refractivity contribution in [2.75, 3.05) is 40.5 Å². The van der Waals surface area contributed by atoms with E-state index in [-0.39, 0.29) is 24.6 Å². The molecule has 6 heteroatoms. The number of rotatable bonds is 2. The van der Waals surface area contributed by atoms with Gasteiger partial charge in [-0.2, -0.15) is 0 Å². The van der Waals surface area contributed by atoms with Gasteiger partial charge in [0.15, 0.2) is 0 Å². The molecule has 0 saturated carbocycles. The lowest BCUT2D eigenvalue weighted by Crippen LogP contribution is -2.53. The number of carbonyl (C=O) groups excluding carboxylic acids is 1. The van der Waals surface area contributed by atoms with Crippen LogP contribution in [0.15, 0.2) is 0 Å². The molecular weight excluding hydrogens is 225 g/mol. The number of methoxy groups -OCH3 is 1. The van der Waals surface area contributed by atoms with Gasteiger partial charge in [-0.1, -0.05) is 0 Å². The van der Waals surface area contributed by atoms with Crippen LogP contribution in [0.2, 0.25) is 0 Å². The molecule has 0 aromatic carbocycles. The molecule has 98 valence electrons. The van der Waals surface area contributed by atoms with Crippen LogP contribution in [0.1, 0.15) is 6.42 Å². The fraction of sp³-hybridized carbons (Fsp3) is 0.909. The number of piperidine rings is 1. The lowest BCUT2D eigenvalue weighted by molar-refractivity contribution is -0.140. The molecule has 0 aliphatic carbocycles. The number of alkyl halides is 1. The van der Waals surface area contributed by atoms with E-state index < -0.39 is 6.17 Å². The van der Waals surface area contributed by atoms with Crippen LogP contribution < -0.4 is 5.32 Å². The first-order valence-corrected chi connectivity index (χ1v) is 6.00. The Hall–Kier alpha value is -0.720. The van der Waals surface area contributed by atoms with Crippen molar-refractivity contribution in [2.24, 2.45) is 0 Å². The van der Waals surface area contributed by atoms with Crippen LogP contribution in [-0.4, -0.2) is 74.5 Å². The summed E-state index contributed by atoms with van der Waals surface area (Å²) in [6.45, 7) is 2.10. The van der Waals surface area contributed by atoms with E-state index in [1.165, 1.54) is 7.11 Å². The third-order valence-electron chi connectivity index (χ3n) is 3.61. The van der Waals surface area contributed by atoms with Crippen molar-refractivity contribution in [1.82, 2.24) is 15.1 Å². The van der Waals surface area contributed by atoms with E-state index in [1.807, 2.05) is 11.9 Å². The Morgan fingerprint density at radius 3 is 2.82 bits per heavy atom. The van der Waals surface area contributed by atoms with Gasteiger partial charge in [0.1, 0.15) is 12.2 Å². The number of likely N-dealkylation sites (tertiary alicyclic amines) is 1. The van der Waals surface area contributed by atoms with E-state index in [2.05, 4.69) is 5.32 Å². The summed E-state index contributed by atoms with van der Waals surface area (Å²) in [7, 11) is 3.42. The first-order valence-electron chi connectivity index (χ1n) is 6.00. The summed E-state index contributed by atoms with van der Waals surface area (Å²) in [4.78, 5) is 15.8. The van der Waals surface area contributed by atoms with Crippen LogP contribution in [0.3, 0.4) is 0 Å². The van der Waals surface area contributed by atoms with Gasteiger partial charge in [-0.15, -0.1) is 0 Å². The summed E-state index contributed by atoms with van der Waals surface area (Å²) < 4.78 is 18.7. The highest BCUT2D eigenvalue weighted by Gasteiger charge is 2.36. The van der Waals surface area contributed by atoms with E-state index in [0.717, 1.165) is 0 Å². The highest BCUT2D eigenvalue weighted by atomic mass is 19.1. The Morgan fingerprint density at radius 2 is 2.29 bits per heavy atom. The standard InChI is InChI=1S/C11H20FN3O2/c1-14-7-13-5-9(14)11(16)15-4-3-10(17-2)8(12)6-15/h8-10,13H,3-7H2,1-2H3/t8-,9?,10+/m1/s1. The summed E-state index contributed by atoms with van der Waals surface area (Å²) >= 11 is 0. The Morgan fingerprint density at radius 1 is 1.53 bits per heavy atom. The molecule has 0 spiro atoms. The van der Waals surface area contributed by atoms with E-state index in [4.69, 9.17) is 4.74 Å². The zero-order valence-corrected chi connectivity index (χ0v) is 10.4. The minimum Gasteiger partial charge on any atom is -0.378 e. The number of carbonyl (C=O) groups is 1. The van der Waals surface area contributed by atoms with Crippen LogP contribution in [0, 0.1) is 0 Å². The fourth-order valence-electron chi connectivity index (χ4n) is 2.48. The Kier molecular flexibility index (Phi) is 3.96. The molecule has 5 nitrogen and oxygen atoms in total. The molecule has 3 atom stereocenters. The Labute approximate surface area is 101 Å². The Balaban J connectivity index is 1.93. The van der Waals surface area contributed by atoms with Crippen molar-refractivity contribution in [3.05, 3.63) is 0 Å². The molecule has 0 aromatic heterocycles. The van der Waals surface area contributed by atoms with Gasteiger partial charge in [0.25, 0.3) is 0 Å². The summed E-state index contributed by atoms with van der Waals surface area (Å²) in [5, 5.41) is 3.13. The van der Waals surface area contributed by atoms with Crippen molar-refractivity contribution >= 4 is 5.91 Å². The van der Waals surface area contributed by atoms with Gasteiger partial charge < -0.3 is 15.0 Å². The largest absolute Gasteiger partial charge is 0.378 e. The third-order valence-corrected chi connectivity index (χ3v) is 3.61. The maximum atomic E-state index is 13.7. The van der Waals surface area contributed by atoms with Gasteiger partial charge >= 0.3 is 0 Å². The maximum Gasteiger partial charge on any atom is 0.241 e. The molecule has 0 radical (unpaired) electrons. The molecule has 2 heterocycles. The second-order valence-corrected chi connectivity index (χ2v) is 4.75. The predicted molar refractivity (Wildman–Crippen MR) is 61.3 cm³/mol. The number of amides is 1. The summed E-state index contributed by atoms with van der Waals surface area (Å²) in [5.74, 6) is 0.0229. The molecule has 1 N–H and O–H groups in total. The normalized spacial score (nSPS) is 35.2. The van der Waals surface area contributed by atoms with Crippen LogP contribution in [-0.2, 0) is 9.53 Å². The minimum atomic E-state index is -1.07. The number of hydrogen-bond acceptors (Lipinski definition) is 4. The molecule has 0 bridgehead atoms. The summed E-state index contributed by atoms with van der Waals surface area (Å²) in [6, 6.07) is -0.152. The van der Waals surface area contributed by atoms with E-state index in [1.54, 1.807) is 4.90 Å². The van der Waals surface area contributed by atoms with Gasteiger partial charge in [-0.25, -0.2) is 4.39 Å². The zero-order chi connectivity index (χ0) is 12.4. The molecule has 17 heavy (non-hydrogen) atoms. The molecule has 0 aromatic rings. The van der Waals surface area contributed by atoms with Crippen molar-refractivity contribution < 1.29 is 13.9 Å². The number of hydrogen-bond donors (Lipinski definition) is 1. The lowest BCUT2D eigenvalue weighted by Gasteiger charge is -2.36. The predicted octanol–water partition coefficient (Wildman–Crippen LogP) is -0.567. The monoisotopic (exact) mass is 245 g/mol. The second-order valence-electron chi connectivity index (χ2n) is 4.75. The summed E-state index contributed by atoms with van der Waals surface area (Å²) in [5.41, 5.74) is 0. The van der Waals surface area contributed by atoms with E-state index in [0.29, 0.717) is 26.2 Å². The van der Waals surface area contributed by atoms with Crippen LogP contribution in [0.5, 0.6) is 0 Å². The molecule has 1 amide bonds. The zero-order valence-electron chi connectivity index (χ0n) is 10.4. The van der Waals surface area contributed by atoms with Crippen molar-refractivity contribution in [3.8, 4) is 0 Å². The topological polar surface area (TPSA) is 44.8 Å². The molecule has 2 aliphatic rings. The molecule has 2 aliphatic heterocycles. The highest BCUT2D eigenvalue weighted by molar-refractivity contribution is 5.82. The first kappa shape index (κ1) is 12.7. The van der Waals surface area contributed by atoms with Gasteiger partial charge in [-0.05, 0) is 13.5 Å². The molecule has 2 saturated heterocycles. The van der Waals surface area contributed by atoms with E-state index >= 15 is 0 Å². The smallest absolute Gasteiger partial charge is 0.241 e. The Bertz CT molecular complexity index is 290. The van der Waals surface area contributed by atoms with Crippen LogP contribution >= 0.6 is 0 Å². The molecule has 2 fully saturated rings. The number of nitrogens with one attached hydrogen (secondary N) is 1. The fourth-order valence-corrected chi connectivity index (χ4v) is 2.48. The van der Waals surface area contributed by atoms with Gasteiger partial charge in [-0.3, -0.25) is 9.69 Å². The minimum absolute atomic E-state index is 0.0229. The van der Waals surface area contributed by atoms with Gasteiger partial charge in [0.05, 0.1) is 12.6 Å². The number of ether oxygens (including phenoxy) is 1. The maximum absolute atomic E-state index is 13.7. The molecular formula is C11H20FN3O2. The molecule has 2 rings (SSSR count). The van der Waals surface area contributed by atoms with Crippen molar-refractivity contribution in [3.63, 3.8) is 0 Å². The van der Waals surface area contributed by atoms with Crippen molar-refractivity contribution in [2.45, 2.75) is 24.7 Å². The van der Waals surface area contributed by atoms with Crippen LogP contribution in [0.4, 0.5) is 4.39 Å². The van der Waals surface area contributed by atoms with Crippen LogP contribution in [0.25, 0.3) is 0 Å². The number of nitrogens with zero attached hydrogens (tertiary/aromatic N) is 2. The lowest BCUT2D eigenvalue weighted by atomic mass is 10.0. The van der Waals surface area contributed by atoms with Gasteiger partial charge in [0, 0.05) is 26.9 Å². The number of halogens is 1. The van der Waals surface area contributed by atoms with Gasteiger partial charge in [0.2, 0.25) is 5.91 Å². The summed E-state index contributed by atoms with van der Waals surface area (Å²) in [6.07, 6.45) is -0.858.